The van der Waals surface area contributed by atoms with Gasteiger partial charge in [0.25, 0.3) is 10.0 Å². The van der Waals surface area contributed by atoms with E-state index in [1.54, 1.807) is 18.2 Å². The number of para-hydroxylation sites is 1. The molecule has 0 saturated heterocycles. The number of rotatable bonds is 4. The highest BCUT2D eigenvalue weighted by molar-refractivity contribution is 7.92. The summed E-state index contributed by atoms with van der Waals surface area (Å²) in [6, 6.07) is 12.3. The van der Waals surface area contributed by atoms with E-state index < -0.39 is 15.8 Å². The number of sulfonamides is 1. The summed E-state index contributed by atoms with van der Waals surface area (Å²) in [5.41, 5.74) is 0.996. The molecule has 2 aromatic rings. The molecule has 0 bridgehead atoms. The Morgan fingerprint density at radius 3 is 2.15 bits per heavy atom. The number of anilines is 1. The third kappa shape index (κ3) is 3.17. The van der Waals surface area contributed by atoms with Crippen molar-refractivity contribution in [3.63, 3.8) is 0 Å². The van der Waals surface area contributed by atoms with Crippen LogP contribution in [0.1, 0.15) is 25.3 Å². The number of hydrogen-bond donors (Lipinski definition) is 1. The van der Waals surface area contributed by atoms with Gasteiger partial charge >= 0.3 is 0 Å². The molecule has 0 aliphatic carbocycles. The standard InChI is InChI=1S/C15H16FNO2S/c1-11(2)12-7-9-13(10-8-12)20(18,19)17-15-6-4-3-5-14(15)16/h3-11,17H,1-2H3. The van der Waals surface area contributed by atoms with Crippen LogP contribution in [0.25, 0.3) is 0 Å². The van der Waals surface area contributed by atoms with Crippen molar-refractivity contribution in [2.24, 2.45) is 0 Å². The Kier molecular flexibility index (Phi) is 4.09. The van der Waals surface area contributed by atoms with Crippen molar-refractivity contribution < 1.29 is 12.8 Å². The molecule has 0 spiro atoms. The summed E-state index contributed by atoms with van der Waals surface area (Å²) in [5, 5.41) is 0. The zero-order chi connectivity index (χ0) is 14.8. The number of nitrogens with one attached hydrogen (secondary N) is 1. The summed E-state index contributed by atoms with van der Waals surface area (Å²) in [6.45, 7) is 4.06. The lowest BCUT2D eigenvalue weighted by atomic mass is 10.0. The van der Waals surface area contributed by atoms with Crippen LogP contribution in [-0.2, 0) is 10.0 Å². The van der Waals surface area contributed by atoms with Crippen molar-refractivity contribution in [3.05, 3.63) is 59.9 Å². The Labute approximate surface area is 118 Å². The summed E-state index contributed by atoms with van der Waals surface area (Å²) in [4.78, 5) is 0.116. The quantitative estimate of drug-likeness (QED) is 0.933. The minimum atomic E-state index is -3.77. The molecule has 2 aromatic carbocycles. The average Bonchev–Trinajstić information content (AvgIpc) is 2.41. The van der Waals surface area contributed by atoms with E-state index in [9.17, 15) is 12.8 Å². The van der Waals surface area contributed by atoms with Gasteiger partial charge in [-0.15, -0.1) is 0 Å². The van der Waals surface area contributed by atoms with Crippen molar-refractivity contribution >= 4 is 15.7 Å². The van der Waals surface area contributed by atoms with Crippen LogP contribution in [0.4, 0.5) is 10.1 Å². The molecular weight excluding hydrogens is 277 g/mol. The molecule has 0 radical (unpaired) electrons. The van der Waals surface area contributed by atoms with E-state index in [1.165, 1.54) is 30.3 Å². The third-order valence-corrected chi connectivity index (χ3v) is 4.36. The highest BCUT2D eigenvalue weighted by atomic mass is 32.2. The van der Waals surface area contributed by atoms with E-state index in [1.807, 2.05) is 13.8 Å². The Morgan fingerprint density at radius 1 is 1.00 bits per heavy atom. The Bertz CT molecular complexity index is 694. The molecule has 0 fully saturated rings. The van der Waals surface area contributed by atoms with Crippen molar-refractivity contribution in [2.45, 2.75) is 24.7 Å². The van der Waals surface area contributed by atoms with Gasteiger partial charge in [0.15, 0.2) is 0 Å². The fourth-order valence-corrected chi connectivity index (χ4v) is 2.85. The van der Waals surface area contributed by atoms with Crippen LogP contribution in [0.5, 0.6) is 0 Å². The molecule has 0 aliphatic heterocycles. The Balaban J connectivity index is 2.29. The van der Waals surface area contributed by atoms with E-state index in [0.717, 1.165) is 5.56 Å². The molecule has 0 heterocycles. The fourth-order valence-electron chi connectivity index (χ4n) is 1.78. The molecule has 1 N–H and O–H groups in total. The maximum absolute atomic E-state index is 13.5. The first-order chi connectivity index (χ1) is 9.40. The summed E-state index contributed by atoms with van der Waals surface area (Å²) in [6.07, 6.45) is 0. The van der Waals surface area contributed by atoms with Crippen molar-refractivity contribution in [1.29, 1.82) is 0 Å². The van der Waals surface area contributed by atoms with Gasteiger partial charge in [-0.05, 0) is 35.7 Å². The number of benzene rings is 2. The average molecular weight is 293 g/mol. The van der Waals surface area contributed by atoms with Crippen LogP contribution >= 0.6 is 0 Å². The van der Waals surface area contributed by atoms with Gasteiger partial charge in [0.2, 0.25) is 0 Å². The normalized spacial score (nSPS) is 11.6. The van der Waals surface area contributed by atoms with Gasteiger partial charge in [-0.3, -0.25) is 4.72 Å². The van der Waals surface area contributed by atoms with Crippen LogP contribution < -0.4 is 4.72 Å². The summed E-state index contributed by atoms with van der Waals surface area (Å²) in [7, 11) is -3.77. The van der Waals surface area contributed by atoms with Crippen LogP contribution in [0.3, 0.4) is 0 Å². The second-order valence-corrected chi connectivity index (χ2v) is 6.49. The lowest BCUT2D eigenvalue weighted by molar-refractivity contribution is 0.598. The minimum Gasteiger partial charge on any atom is -0.277 e. The molecule has 0 aromatic heterocycles. The minimum absolute atomic E-state index is 0.0552. The van der Waals surface area contributed by atoms with Gasteiger partial charge < -0.3 is 0 Å². The molecule has 5 heteroatoms. The molecule has 106 valence electrons. The van der Waals surface area contributed by atoms with Gasteiger partial charge in [0, 0.05) is 0 Å². The molecule has 20 heavy (non-hydrogen) atoms. The summed E-state index contributed by atoms with van der Waals surface area (Å²) in [5.74, 6) is -0.277. The largest absolute Gasteiger partial charge is 0.277 e. The van der Waals surface area contributed by atoms with Gasteiger partial charge in [0.1, 0.15) is 5.82 Å². The summed E-state index contributed by atoms with van der Waals surface area (Å²) >= 11 is 0. The predicted molar refractivity (Wildman–Crippen MR) is 77.7 cm³/mol. The van der Waals surface area contributed by atoms with Gasteiger partial charge in [-0.1, -0.05) is 38.1 Å². The zero-order valence-corrected chi connectivity index (χ0v) is 12.1. The lowest BCUT2D eigenvalue weighted by Gasteiger charge is -2.10. The molecule has 0 unspecified atom stereocenters. The molecule has 0 saturated carbocycles. The third-order valence-electron chi connectivity index (χ3n) is 2.98. The Morgan fingerprint density at radius 2 is 1.60 bits per heavy atom. The summed E-state index contributed by atoms with van der Waals surface area (Å²) < 4.78 is 40.0. The topological polar surface area (TPSA) is 46.2 Å². The molecule has 0 amide bonds. The highest BCUT2D eigenvalue weighted by Crippen LogP contribution is 2.21. The molecule has 2 rings (SSSR count). The van der Waals surface area contributed by atoms with Crippen molar-refractivity contribution in [3.8, 4) is 0 Å². The first kappa shape index (κ1) is 14.5. The van der Waals surface area contributed by atoms with Crippen LogP contribution in [0.2, 0.25) is 0 Å². The van der Waals surface area contributed by atoms with Crippen LogP contribution in [0.15, 0.2) is 53.4 Å². The molecular formula is C15H16FNO2S. The van der Waals surface area contributed by atoms with Gasteiger partial charge in [0.05, 0.1) is 10.6 Å². The van der Waals surface area contributed by atoms with Crippen LogP contribution in [0, 0.1) is 5.82 Å². The smallest absolute Gasteiger partial charge is 0.261 e. The van der Waals surface area contributed by atoms with E-state index in [-0.39, 0.29) is 10.6 Å². The van der Waals surface area contributed by atoms with E-state index >= 15 is 0 Å². The Hall–Kier alpha value is -1.88. The van der Waals surface area contributed by atoms with Gasteiger partial charge in [-0.25, -0.2) is 12.8 Å². The fraction of sp³-hybridized carbons (Fsp3) is 0.200. The first-order valence-electron chi connectivity index (χ1n) is 6.27. The van der Waals surface area contributed by atoms with E-state index in [2.05, 4.69) is 4.72 Å². The monoisotopic (exact) mass is 293 g/mol. The maximum Gasteiger partial charge on any atom is 0.261 e. The zero-order valence-electron chi connectivity index (χ0n) is 11.3. The molecule has 3 nitrogen and oxygen atoms in total. The second kappa shape index (κ2) is 5.63. The lowest BCUT2D eigenvalue weighted by Crippen LogP contribution is -2.14. The SMILES string of the molecule is CC(C)c1ccc(S(=O)(=O)Nc2ccccc2F)cc1. The first-order valence-corrected chi connectivity index (χ1v) is 7.76. The molecule has 0 aliphatic rings. The van der Waals surface area contributed by atoms with E-state index in [0.29, 0.717) is 5.92 Å². The van der Waals surface area contributed by atoms with E-state index in [4.69, 9.17) is 0 Å². The maximum atomic E-state index is 13.5. The second-order valence-electron chi connectivity index (χ2n) is 4.81. The van der Waals surface area contributed by atoms with Gasteiger partial charge in [-0.2, -0.15) is 0 Å². The molecule has 0 atom stereocenters. The van der Waals surface area contributed by atoms with Crippen molar-refractivity contribution in [1.82, 2.24) is 0 Å². The van der Waals surface area contributed by atoms with Crippen LogP contribution in [-0.4, -0.2) is 8.42 Å². The number of hydrogen-bond acceptors (Lipinski definition) is 2. The predicted octanol–water partition coefficient (Wildman–Crippen LogP) is 3.75. The number of halogens is 1. The van der Waals surface area contributed by atoms with Crippen molar-refractivity contribution in [2.75, 3.05) is 4.72 Å². The highest BCUT2D eigenvalue weighted by Gasteiger charge is 2.16.